The fourth-order valence-corrected chi connectivity index (χ4v) is 3.88. The molecule has 0 aliphatic carbocycles. The minimum atomic E-state index is -3.59. The van der Waals surface area contributed by atoms with Gasteiger partial charge in [0, 0.05) is 12.9 Å². The summed E-state index contributed by atoms with van der Waals surface area (Å²) in [6, 6.07) is 12.6. The van der Waals surface area contributed by atoms with Gasteiger partial charge in [-0.3, -0.25) is 4.31 Å². The van der Waals surface area contributed by atoms with E-state index < -0.39 is 10.0 Å². The second-order valence-corrected chi connectivity index (χ2v) is 7.19. The molecule has 0 atom stereocenters. The summed E-state index contributed by atoms with van der Waals surface area (Å²) in [6.45, 7) is 3.75. The summed E-state index contributed by atoms with van der Waals surface area (Å²) >= 11 is 5.86. The molecule has 0 N–H and O–H groups in total. The number of alkyl halides is 1. The Morgan fingerprint density at radius 3 is 2.24 bits per heavy atom. The summed E-state index contributed by atoms with van der Waals surface area (Å²) in [6.07, 6.45) is 0. The second kappa shape index (κ2) is 6.08. The molecule has 3 nitrogen and oxygen atoms in total. The Balaban J connectivity index is 2.49. The third kappa shape index (κ3) is 3.06. The largest absolute Gasteiger partial charge is 0.269 e. The van der Waals surface area contributed by atoms with Crippen molar-refractivity contribution < 1.29 is 8.42 Å². The number of sulfonamides is 1. The van der Waals surface area contributed by atoms with E-state index >= 15 is 0 Å². The van der Waals surface area contributed by atoms with Crippen LogP contribution in [0.3, 0.4) is 0 Å². The van der Waals surface area contributed by atoms with Crippen molar-refractivity contribution >= 4 is 27.3 Å². The average Bonchev–Trinajstić information content (AvgIpc) is 2.47. The Morgan fingerprint density at radius 1 is 1.05 bits per heavy atom. The number of hydrogen-bond donors (Lipinski definition) is 0. The normalized spacial score (nSPS) is 11.4. The molecule has 0 unspecified atom stereocenters. The summed E-state index contributed by atoms with van der Waals surface area (Å²) in [5.41, 5.74) is 3.25. The van der Waals surface area contributed by atoms with Gasteiger partial charge in [-0.05, 0) is 43.2 Å². The fourth-order valence-electron chi connectivity index (χ4n) is 2.13. The van der Waals surface area contributed by atoms with Crippen molar-refractivity contribution in [3.05, 3.63) is 59.2 Å². The van der Waals surface area contributed by atoms with Gasteiger partial charge in [0.1, 0.15) is 0 Å². The SMILES string of the molecule is Cc1ccc(N(C)S(=O)(=O)c2cccc(CCl)c2C)cc1. The van der Waals surface area contributed by atoms with Crippen LogP contribution >= 0.6 is 11.6 Å². The number of rotatable bonds is 4. The maximum Gasteiger partial charge on any atom is 0.264 e. The lowest BCUT2D eigenvalue weighted by Crippen LogP contribution is -2.27. The highest BCUT2D eigenvalue weighted by atomic mass is 35.5. The zero-order valence-electron chi connectivity index (χ0n) is 12.3. The summed E-state index contributed by atoms with van der Waals surface area (Å²) < 4.78 is 26.9. The summed E-state index contributed by atoms with van der Waals surface area (Å²) in [4.78, 5) is 0.295. The Morgan fingerprint density at radius 2 is 1.67 bits per heavy atom. The Labute approximate surface area is 131 Å². The van der Waals surface area contributed by atoms with E-state index in [2.05, 4.69) is 0 Å². The number of hydrogen-bond acceptors (Lipinski definition) is 2. The van der Waals surface area contributed by atoms with Gasteiger partial charge in [-0.1, -0.05) is 29.8 Å². The van der Waals surface area contributed by atoms with E-state index in [9.17, 15) is 8.42 Å². The number of anilines is 1. The summed E-state index contributed by atoms with van der Waals surface area (Å²) in [7, 11) is -2.03. The Kier molecular flexibility index (Phi) is 4.59. The van der Waals surface area contributed by atoms with Gasteiger partial charge in [-0.15, -0.1) is 11.6 Å². The molecule has 0 aliphatic rings. The van der Waals surface area contributed by atoms with Gasteiger partial charge < -0.3 is 0 Å². The van der Waals surface area contributed by atoms with Crippen LogP contribution in [-0.2, 0) is 15.9 Å². The molecule has 0 fully saturated rings. The maximum atomic E-state index is 12.8. The molecule has 112 valence electrons. The van der Waals surface area contributed by atoms with E-state index in [1.165, 1.54) is 4.31 Å². The molecule has 2 aromatic rings. The van der Waals surface area contributed by atoms with E-state index in [0.717, 1.165) is 11.1 Å². The first kappa shape index (κ1) is 15.9. The molecule has 0 heterocycles. The van der Waals surface area contributed by atoms with Crippen molar-refractivity contribution in [1.82, 2.24) is 0 Å². The number of benzene rings is 2. The molecule has 5 heteroatoms. The third-order valence-electron chi connectivity index (χ3n) is 3.58. The summed E-state index contributed by atoms with van der Waals surface area (Å²) in [5.74, 6) is 0.295. The molecule has 0 bridgehead atoms. The van der Waals surface area contributed by atoms with Crippen LogP contribution in [-0.4, -0.2) is 15.5 Å². The monoisotopic (exact) mass is 323 g/mol. The van der Waals surface area contributed by atoms with Gasteiger partial charge >= 0.3 is 0 Å². The predicted molar refractivity (Wildman–Crippen MR) is 87.5 cm³/mol. The average molecular weight is 324 g/mol. The van der Waals surface area contributed by atoms with Crippen LogP contribution in [0.4, 0.5) is 5.69 Å². The van der Waals surface area contributed by atoms with Crippen LogP contribution in [0.15, 0.2) is 47.4 Å². The highest BCUT2D eigenvalue weighted by Gasteiger charge is 2.23. The lowest BCUT2D eigenvalue weighted by Gasteiger charge is -2.21. The van der Waals surface area contributed by atoms with E-state index in [-0.39, 0.29) is 0 Å². The summed E-state index contributed by atoms with van der Waals surface area (Å²) in [5, 5.41) is 0. The molecule has 2 rings (SSSR count). The minimum absolute atomic E-state index is 0.295. The quantitative estimate of drug-likeness (QED) is 0.801. The molecule has 0 spiro atoms. The fraction of sp³-hybridized carbons (Fsp3) is 0.250. The van der Waals surface area contributed by atoms with Crippen molar-refractivity contribution in [1.29, 1.82) is 0 Å². The molecular weight excluding hydrogens is 306 g/mol. The Bertz CT molecular complexity index is 739. The van der Waals surface area contributed by atoms with Gasteiger partial charge in [0.25, 0.3) is 10.0 Å². The molecule has 2 aromatic carbocycles. The first-order valence-electron chi connectivity index (χ1n) is 6.58. The molecule has 0 amide bonds. The van der Waals surface area contributed by atoms with Gasteiger partial charge in [0.15, 0.2) is 0 Å². The standard InChI is InChI=1S/C16H18ClNO2S/c1-12-7-9-15(10-8-12)18(3)21(19,20)16-6-4-5-14(11-17)13(16)2/h4-10H,11H2,1-3H3. The number of nitrogens with zero attached hydrogens (tertiary/aromatic N) is 1. The third-order valence-corrected chi connectivity index (χ3v) is 5.79. The Hall–Kier alpha value is -1.52. The van der Waals surface area contributed by atoms with E-state index in [0.29, 0.717) is 22.0 Å². The first-order chi connectivity index (χ1) is 9.87. The smallest absolute Gasteiger partial charge is 0.264 e. The molecule has 0 saturated heterocycles. The van der Waals surface area contributed by atoms with Crippen molar-refractivity contribution in [3.63, 3.8) is 0 Å². The van der Waals surface area contributed by atoms with Gasteiger partial charge in [-0.25, -0.2) is 8.42 Å². The topological polar surface area (TPSA) is 37.4 Å². The zero-order chi connectivity index (χ0) is 15.6. The van der Waals surface area contributed by atoms with Gasteiger partial charge in [0.2, 0.25) is 0 Å². The van der Waals surface area contributed by atoms with Crippen LogP contribution < -0.4 is 4.31 Å². The molecule has 0 aliphatic heterocycles. The van der Waals surface area contributed by atoms with Crippen molar-refractivity contribution in [2.24, 2.45) is 0 Å². The molecule has 0 aromatic heterocycles. The second-order valence-electron chi connectivity index (χ2n) is 4.98. The van der Waals surface area contributed by atoms with Crippen LogP contribution in [0, 0.1) is 13.8 Å². The van der Waals surface area contributed by atoms with Crippen molar-refractivity contribution in [2.45, 2.75) is 24.6 Å². The highest BCUT2D eigenvalue weighted by Crippen LogP contribution is 2.26. The minimum Gasteiger partial charge on any atom is -0.269 e. The van der Waals surface area contributed by atoms with Crippen LogP contribution in [0.5, 0.6) is 0 Å². The molecule has 0 saturated carbocycles. The zero-order valence-corrected chi connectivity index (χ0v) is 13.9. The van der Waals surface area contributed by atoms with E-state index in [1.807, 2.05) is 25.1 Å². The highest BCUT2D eigenvalue weighted by molar-refractivity contribution is 7.92. The van der Waals surface area contributed by atoms with Crippen molar-refractivity contribution in [3.8, 4) is 0 Å². The van der Waals surface area contributed by atoms with E-state index in [1.54, 1.807) is 38.2 Å². The molecule has 0 radical (unpaired) electrons. The molecular formula is C16H18ClNO2S. The van der Waals surface area contributed by atoms with Gasteiger partial charge in [0.05, 0.1) is 10.6 Å². The lowest BCUT2D eigenvalue weighted by molar-refractivity contribution is 0.593. The first-order valence-corrected chi connectivity index (χ1v) is 8.55. The van der Waals surface area contributed by atoms with Crippen LogP contribution in [0.1, 0.15) is 16.7 Å². The van der Waals surface area contributed by atoms with E-state index in [4.69, 9.17) is 11.6 Å². The predicted octanol–water partition coefficient (Wildman–Crippen LogP) is 3.87. The molecule has 21 heavy (non-hydrogen) atoms. The van der Waals surface area contributed by atoms with Crippen molar-refractivity contribution in [2.75, 3.05) is 11.4 Å². The lowest BCUT2D eigenvalue weighted by atomic mass is 10.1. The van der Waals surface area contributed by atoms with Crippen LogP contribution in [0.25, 0.3) is 0 Å². The van der Waals surface area contributed by atoms with Crippen LogP contribution in [0.2, 0.25) is 0 Å². The maximum absolute atomic E-state index is 12.8. The van der Waals surface area contributed by atoms with Gasteiger partial charge in [-0.2, -0.15) is 0 Å². The number of halogens is 1. The number of aryl methyl sites for hydroxylation is 1.